The van der Waals surface area contributed by atoms with Crippen LogP contribution in [0.1, 0.15) is 31.2 Å². The Morgan fingerprint density at radius 3 is 2.85 bits per heavy atom. The summed E-state index contributed by atoms with van der Waals surface area (Å²) in [6, 6.07) is 1.03. The molecular formula is C13H16BrF3N2O. The van der Waals surface area contributed by atoms with Crippen LogP contribution in [0.4, 0.5) is 19.0 Å². The number of ether oxygens (including phenoxy) is 1. The first-order valence-electron chi connectivity index (χ1n) is 6.55. The number of nitrogens with zero attached hydrogens (tertiary/aromatic N) is 1. The Balaban J connectivity index is 1.95. The summed E-state index contributed by atoms with van der Waals surface area (Å²) in [5, 5.41) is 2.76. The minimum absolute atomic E-state index is 0.128. The second kappa shape index (κ2) is 6.76. The molecule has 0 radical (unpaired) electrons. The maximum Gasteiger partial charge on any atom is 0.419 e. The van der Waals surface area contributed by atoms with E-state index in [4.69, 9.17) is 4.74 Å². The van der Waals surface area contributed by atoms with Crippen LogP contribution in [0.3, 0.4) is 0 Å². The number of alkyl halides is 3. The number of anilines is 1. The monoisotopic (exact) mass is 352 g/mol. The van der Waals surface area contributed by atoms with Gasteiger partial charge in [0.05, 0.1) is 11.7 Å². The van der Waals surface area contributed by atoms with Crippen molar-refractivity contribution in [2.75, 3.05) is 18.5 Å². The molecule has 0 bridgehead atoms. The molecule has 0 saturated carbocycles. The van der Waals surface area contributed by atoms with Crippen LogP contribution in [0.25, 0.3) is 0 Å². The molecule has 1 aromatic rings. The number of aromatic nitrogens is 1. The highest BCUT2D eigenvalue weighted by Gasteiger charge is 2.34. The standard InChI is InChI=1S/C13H16BrF3N2O/c14-9-7-11(13(15,16)17)12(19-8-9)18-5-4-10-3-1-2-6-20-10/h7-8,10H,1-6H2,(H,18,19). The summed E-state index contributed by atoms with van der Waals surface area (Å²) in [5.41, 5.74) is -0.753. The van der Waals surface area contributed by atoms with Crippen molar-refractivity contribution in [1.82, 2.24) is 4.98 Å². The summed E-state index contributed by atoms with van der Waals surface area (Å²) in [5.74, 6) is -0.128. The molecule has 112 valence electrons. The lowest BCUT2D eigenvalue weighted by Gasteiger charge is -2.23. The normalized spacial score (nSPS) is 19.9. The third kappa shape index (κ3) is 4.34. The Morgan fingerprint density at radius 2 is 2.20 bits per heavy atom. The summed E-state index contributed by atoms with van der Waals surface area (Å²) in [6.07, 6.45) is 0.929. The van der Waals surface area contributed by atoms with E-state index < -0.39 is 11.7 Å². The van der Waals surface area contributed by atoms with E-state index in [1.54, 1.807) is 0 Å². The van der Waals surface area contributed by atoms with Crippen molar-refractivity contribution in [1.29, 1.82) is 0 Å². The van der Waals surface area contributed by atoms with E-state index in [9.17, 15) is 13.2 Å². The lowest BCUT2D eigenvalue weighted by atomic mass is 10.1. The molecule has 2 rings (SSSR count). The van der Waals surface area contributed by atoms with Crippen molar-refractivity contribution in [3.63, 3.8) is 0 Å². The van der Waals surface area contributed by atoms with Gasteiger partial charge in [-0.05, 0) is 47.7 Å². The quantitative estimate of drug-likeness (QED) is 0.880. The Morgan fingerprint density at radius 1 is 1.40 bits per heavy atom. The van der Waals surface area contributed by atoms with E-state index in [1.807, 2.05) is 0 Å². The highest BCUT2D eigenvalue weighted by molar-refractivity contribution is 9.10. The fourth-order valence-electron chi connectivity index (χ4n) is 2.18. The number of halogens is 4. The fraction of sp³-hybridized carbons (Fsp3) is 0.615. The molecule has 7 heteroatoms. The smallest absolute Gasteiger partial charge is 0.378 e. The van der Waals surface area contributed by atoms with E-state index in [0.717, 1.165) is 31.9 Å². The van der Waals surface area contributed by atoms with Crippen molar-refractivity contribution < 1.29 is 17.9 Å². The molecule has 0 spiro atoms. The molecule has 2 heterocycles. The van der Waals surface area contributed by atoms with Crippen LogP contribution in [0.15, 0.2) is 16.7 Å². The van der Waals surface area contributed by atoms with Gasteiger partial charge < -0.3 is 10.1 Å². The molecule has 1 aliphatic rings. The minimum Gasteiger partial charge on any atom is -0.378 e. The molecule has 20 heavy (non-hydrogen) atoms. The summed E-state index contributed by atoms with van der Waals surface area (Å²) < 4.78 is 44.5. The number of pyridine rings is 1. The van der Waals surface area contributed by atoms with Crippen molar-refractivity contribution in [2.24, 2.45) is 0 Å². The molecule has 1 atom stereocenters. The van der Waals surface area contributed by atoms with Gasteiger partial charge in [0.1, 0.15) is 5.82 Å². The zero-order chi connectivity index (χ0) is 14.6. The van der Waals surface area contributed by atoms with Crippen molar-refractivity contribution in [3.05, 3.63) is 22.3 Å². The SMILES string of the molecule is FC(F)(F)c1cc(Br)cnc1NCCC1CCCCO1. The molecule has 1 fully saturated rings. The summed E-state index contributed by atoms with van der Waals surface area (Å²) in [7, 11) is 0. The van der Waals surface area contributed by atoms with Gasteiger partial charge in [-0.3, -0.25) is 0 Å². The maximum absolute atomic E-state index is 12.9. The van der Waals surface area contributed by atoms with Crippen LogP contribution in [0.2, 0.25) is 0 Å². The summed E-state index contributed by atoms with van der Waals surface area (Å²) in [4.78, 5) is 3.81. The molecular weight excluding hydrogens is 337 g/mol. The maximum atomic E-state index is 12.9. The molecule has 1 unspecified atom stereocenters. The van der Waals surface area contributed by atoms with Crippen molar-refractivity contribution >= 4 is 21.7 Å². The van der Waals surface area contributed by atoms with Gasteiger partial charge in [-0.15, -0.1) is 0 Å². The highest BCUT2D eigenvalue weighted by Crippen LogP contribution is 2.35. The second-order valence-corrected chi connectivity index (χ2v) is 5.67. The van der Waals surface area contributed by atoms with Crippen molar-refractivity contribution in [3.8, 4) is 0 Å². The zero-order valence-corrected chi connectivity index (χ0v) is 12.4. The van der Waals surface area contributed by atoms with Gasteiger partial charge in [0.25, 0.3) is 0 Å². The van der Waals surface area contributed by atoms with E-state index in [1.165, 1.54) is 6.20 Å². The van der Waals surface area contributed by atoms with Gasteiger partial charge in [-0.25, -0.2) is 4.98 Å². The van der Waals surface area contributed by atoms with Gasteiger partial charge in [0, 0.05) is 23.8 Å². The molecule has 1 N–H and O–H groups in total. The topological polar surface area (TPSA) is 34.2 Å². The summed E-state index contributed by atoms with van der Waals surface area (Å²) >= 11 is 3.01. The lowest BCUT2D eigenvalue weighted by molar-refractivity contribution is -0.137. The Kier molecular flexibility index (Phi) is 5.26. The average Bonchev–Trinajstić information content (AvgIpc) is 2.40. The van der Waals surface area contributed by atoms with E-state index in [-0.39, 0.29) is 11.9 Å². The Bertz CT molecular complexity index is 448. The first-order chi connectivity index (χ1) is 9.47. The molecule has 1 aliphatic heterocycles. The predicted octanol–water partition coefficient (Wildman–Crippen LogP) is 4.23. The average molecular weight is 353 g/mol. The van der Waals surface area contributed by atoms with Crippen LogP contribution >= 0.6 is 15.9 Å². The number of nitrogens with one attached hydrogen (secondary N) is 1. The first kappa shape index (κ1) is 15.6. The Hall–Kier alpha value is -0.820. The third-order valence-electron chi connectivity index (χ3n) is 3.19. The van der Waals surface area contributed by atoms with E-state index >= 15 is 0 Å². The fourth-order valence-corrected chi connectivity index (χ4v) is 2.51. The van der Waals surface area contributed by atoms with Crippen LogP contribution in [0, 0.1) is 0 Å². The molecule has 3 nitrogen and oxygen atoms in total. The van der Waals surface area contributed by atoms with E-state index in [2.05, 4.69) is 26.2 Å². The minimum atomic E-state index is -4.42. The second-order valence-electron chi connectivity index (χ2n) is 4.75. The van der Waals surface area contributed by atoms with Crippen LogP contribution in [0.5, 0.6) is 0 Å². The van der Waals surface area contributed by atoms with Gasteiger partial charge in [-0.2, -0.15) is 13.2 Å². The molecule has 1 saturated heterocycles. The predicted molar refractivity (Wildman–Crippen MR) is 73.6 cm³/mol. The van der Waals surface area contributed by atoms with Gasteiger partial charge in [0.15, 0.2) is 0 Å². The van der Waals surface area contributed by atoms with Gasteiger partial charge in [-0.1, -0.05) is 0 Å². The molecule has 0 aliphatic carbocycles. The van der Waals surface area contributed by atoms with Crippen molar-refractivity contribution in [2.45, 2.75) is 38.0 Å². The molecule has 0 amide bonds. The number of rotatable bonds is 4. The van der Waals surface area contributed by atoms with E-state index in [0.29, 0.717) is 17.4 Å². The third-order valence-corrected chi connectivity index (χ3v) is 3.63. The zero-order valence-electron chi connectivity index (χ0n) is 10.8. The molecule has 1 aromatic heterocycles. The largest absolute Gasteiger partial charge is 0.419 e. The van der Waals surface area contributed by atoms with Crippen LogP contribution < -0.4 is 5.32 Å². The Labute approximate surface area is 124 Å². The summed E-state index contributed by atoms with van der Waals surface area (Å²) in [6.45, 7) is 1.16. The number of hydrogen-bond acceptors (Lipinski definition) is 3. The number of hydrogen-bond donors (Lipinski definition) is 1. The first-order valence-corrected chi connectivity index (χ1v) is 7.34. The molecule has 0 aromatic carbocycles. The highest BCUT2D eigenvalue weighted by atomic mass is 79.9. The van der Waals surface area contributed by atoms with Gasteiger partial charge in [0.2, 0.25) is 0 Å². The van der Waals surface area contributed by atoms with Crippen LogP contribution in [-0.2, 0) is 10.9 Å². The van der Waals surface area contributed by atoms with Gasteiger partial charge >= 0.3 is 6.18 Å². The lowest BCUT2D eigenvalue weighted by Crippen LogP contribution is -2.22. The van der Waals surface area contributed by atoms with Crippen LogP contribution in [-0.4, -0.2) is 24.2 Å².